The van der Waals surface area contributed by atoms with E-state index >= 15 is 0 Å². The van der Waals surface area contributed by atoms with Gasteiger partial charge in [0.05, 0.1) is 23.4 Å². The van der Waals surface area contributed by atoms with Crippen molar-refractivity contribution < 1.29 is 13.2 Å². The predicted octanol–water partition coefficient (Wildman–Crippen LogP) is 1.40. The molecule has 0 aliphatic carbocycles. The Kier molecular flexibility index (Phi) is 2.98. The first-order chi connectivity index (χ1) is 9.54. The minimum Gasteiger partial charge on any atom is -0.493 e. The van der Waals surface area contributed by atoms with Crippen LogP contribution < -0.4 is 15.2 Å². The SMILES string of the molecule is Nc1ccc(NS(=O)(=O)c2ccc3c(c2)CCO3)cn1. The maximum absolute atomic E-state index is 12.3. The van der Waals surface area contributed by atoms with E-state index in [-0.39, 0.29) is 4.90 Å². The lowest BCUT2D eigenvalue weighted by Crippen LogP contribution is -2.13. The molecule has 0 saturated heterocycles. The van der Waals surface area contributed by atoms with Crippen LogP contribution in [-0.2, 0) is 16.4 Å². The van der Waals surface area contributed by atoms with Crippen molar-refractivity contribution >= 4 is 21.5 Å². The minimum atomic E-state index is -3.63. The van der Waals surface area contributed by atoms with Gasteiger partial charge >= 0.3 is 0 Å². The van der Waals surface area contributed by atoms with Gasteiger partial charge in [0.15, 0.2) is 0 Å². The number of hydrogen-bond donors (Lipinski definition) is 2. The summed E-state index contributed by atoms with van der Waals surface area (Å²) in [6.45, 7) is 0.591. The maximum Gasteiger partial charge on any atom is 0.261 e. The zero-order valence-corrected chi connectivity index (χ0v) is 11.4. The molecule has 0 spiro atoms. The van der Waals surface area contributed by atoms with E-state index in [4.69, 9.17) is 10.5 Å². The zero-order chi connectivity index (χ0) is 14.2. The first-order valence-corrected chi connectivity index (χ1v) is 7.53. The van der Waals surface area contributed by atoms with Gasteiger partial charge in [0.2, 0.25) is 0 Å². The van der Waals surface area contributed by atoms with E-state index in [2.05, 4.69) is 9.71 Å². The van der Waals surface area contributed by atoms with Gasteiger partial charge in [-0.1, -0.05) is 0 Å². The molecule has 0 fully saturated rings. The summed E-state index contributed by atoms with van der Waals surface area (Å²) in [6.07, 6.45) is 2.10. The van der Waals surface area contributed by atoms with Crippen LogP contribution in [0.2, 0.25) is 0 Å². The van der Waals surface area contributed by atoms with Crippen molar-refractivity contribution in [2.75, 3.05) is 17.1 Å². The highest BCUT2D eigenvalue weighted by Crippen LogP contribution is 2.28. The molecule has 0 saturated carbocycles. The number of nitrogen functional groups attached to an aromatic ring is 1. The van der Waals surface area contributed by atoms with Gasteiger partial charge in [-0.3, -0.25) is 4.72 Å². The van der Waals surface area contributed by atoms with Gasteiger partial charge in [-0.15, -0.1) is 0 Å². The van der Waals surface area contributed by atoms with Crippen LogP contribution in [0, 0.1) is 0 Å². The summed E-state index contributed by atoms with van der Waals surface area (Å²) in [5.41, 5.74) is 6.74. The number of sulfonamides is 1. The van der Waals surface area contributed by atoms with Crippen molar-refractivity contribution in [1.29, 1.82) is 0 Å². The van der Waals surface area contributed by atoms with E-state index in [1.165, 1.54) is 18.3 Å². The molecule has 0 unspecified atom stereocenters. The molecular weight excluding hydrogens is 278 g/mol. The van der Waals surface area contributed by atoms with Crippen LogP contribution >= 0.6 is 0 Å². The molecule has 1 aliphatic rings. The zero-order valence-electron chi connectivity index (χ0n) is 10.5. The molecule has 1 aliphatic heterocycles. The van der Waals surface area contributed by atoms with Crippen LogP contribution in [0.3, 0.4) is 0 Å². The van der Waals surface area contributed by atoms with E-state index in [9.17, 15) is 8.42 Å². The van der Waals surface area contributed by atoms with Crippen LogP contribution in [0.4, 0.5) is 11.5 Å². The lowest BCUT2D eigenvalue weighted by molar-refractivity contribution is 0.356. The van der Waals surface area contributed by atoms with Crippen LogP contribution in [0.5, 0.6) is 5.75 Å². The van der Waals surface area contributed by atoms with Crippen molar-refractivity contribution in [3.63, 3.8) is 0 Å². The molecule has 104 valence electrons. The number of nitrogens with zero attached hydrogens (tertiary/aromatic N) is 1. The third-order valence-electron chi connectivity index (χ3n) is 3.01. The molecule has 0 bridgehead atoms. The first kappa shape index (κ1) is 12.7. The van der Waals surface area contributed by atoms with Crippen molar-refractivity contribution in [3.8, 4) is 5.75 Å². The number of pyridine rings is 1. The predicted molar refractivity (Wildman–Crippen MR) is 75.1 cm³/mol. The van der Waals surface area contributed by atoms with E-state index in [0.29, 0.717) is 18.1 Å². The van der Waals surface area contributed by atoms with Crippen LogP contribution in [0.15, 0.2) is 41.4 Å². The highest BCUT2D eigenvalue weighted by Gasteiger charge is 2.19. The lowest BCUT2D eigenvalue weighted by atomic mass is 10.2. The number of ether oxygens (including phenoxy) is 1. The summed E-state index contributed by atoms with van der Waals surface area (Å²) in [7, 11) is -3.63. The van der Waals surface area contributed by atoms with E-state index in [1.807, 2.05) is 0 Å². The third kappa shape index (κ3) is 2.39. The number of aromatic nitrogens is 1. The number of benzene rings is 1. The second-order valence-electron chi connectivity index (χ2n) is 4.45. The summed E-state index contributed by atoms with van der Waals surface area (Å²) >= 11 is 0. The van der Waals surface area contributed by atoms with Crippen molar-refractivity contribution in [3.05, 3.63) is 42.1 Å². The topological polar surface area (TPSA) is 94.3 Å². The maximum atomic E-state index is 12.3. The molecule has 6 nitrogen and oxygen atoms in total. The summed E-state index contributed by atoms with van der Waals surface area (Å²) in [5, 5.41) is 0. The van der Waals surface area contributed by atoms with Crippen molar-refractivity contribution in [1.82, 2.24) is 4.98 Å². The van der Waals surface area contributed by atoms with E-state index in [1.54, 1.807) is 18.2 Å². The Hall–Kier alpha value is -2.28. The summed E-state index contributed by atoms with van der Waals surface area (Å²) in [5.74, 6) is 1.08. The molecule has 2 heterocycles. The average Bonchev–Trinajstić information content (AvgIpc) is 2.88. The monoisotopic (exact) mass is 291 g/mol. The number of anilines is 2. The van der Waals surface area contributed by atoms with Crippen LogP contribution in [0.25, 0.3) is 0 Å². The van der Waals surface area contributed by atoms with Gasteiger partial charge in [-0.05, 0) is 35.9 Å². The lowest BCUT2D eigenvalue weighted by Gasteiger charge is -2.09. The number of fused-ring (bicyclic) bond motifs is 1. The van der Waals surface area contributed by atoms with Gasteiger partial charge in [0, 0.05) is 6.42 Å². The molecule has 1 aromatic heterocycles. The highest BCUT2D eigenvalue weighted by molar-refractivity contribution is 7.92. The molecule has 1 aromatic carbocycles. The minimum absolute atomic E-state index is 0.207. The Morgan fingerprint density at radius 3 is 2.85 bits per heavy atom. The van der Waals surface area contributed by atoms with Gasteiger partial charge in [0.1, 0.15) is 11.6 Å². The van der Waals surface area contributed by atoms with Gasteiger partial charge in [-0.25, -0.2) is 13.4 Å². The molecule has 0 atom stereocenters. The van der Waals surface area contributed by atoms with Crippen molar-refractivity contribution in [2.24, 2.45) is 0 Å². The Morgan fingerprint density at radius 2 is 2.10 bits per heavy atom. The van der Waals surface area contributed by atoms with Gasteiger partial charge in [-0.2, -0.15) is 0 Å². The number of hydrogen-bond acceptors (Lipinski definition) is 5. The molecule has 3 rings (SSSR count). The summed E-state index contributed by atoms with van der Waals surface area (Å²) in [6, 6.07) is 7.94. The normalized spacial score (nSPS) is 13.6. The Labute approximate surface area is 116 Å². The molecule has 3 N–H and O–H groups in total. The molecule has 7 heteroatoms. The Morgan fingerprint density at radius 1 is 1.25 bits per heavy atom. The molecule has 20 heavy (non-hydrogen) atoms. The molecular formula is C13H13N3O3S. The second kappa shape index (κ2) is 4.68. The molecule has 2 aromatic rings. The fraction of sp³-hybridized carbons (Fsp3) is 0.154. The molecule has 0 amide bonds. The second-order valence-corrected chi connectivity index (χ2v) is 6.13. The largest absolute Gasteiger partial charge is 0.493 e. The van der Waals surface area contributed by atoms with E-state index < -0.39 is 10.0 Å². The fourth-order valence-electron chi connectivity index (χ4n) is 2.01. The van der Waals surface area contributed by atoms with Crippen LogP contribution in [0.1, 0.15) is 5.56 Å². The average molecular weight is 291 g/mol. The Bertz CT molecular complexity index is 742. The van der Waals surface area contributed by atoms with Crippen molar-refractivity contribution in [2.45, 2.75) is 11.3 Å². The fourth-order valence-corrected chi connectivity index (χ4v) is 3.10. The quantitative estimate of drug-likeness (QED) is 0.891. The first-order valence-electron chi connectivity index (χ1n) is 6.05. The standard InChI is InChI=1S/C13H13N3O3S/c14-13-4-1-10(8-15-13)16-20(17,18)11-2-3-12-9(7-11)5-6-19-12/h1-4,7-8,16H,5-6H2,(H2,14,15). The number of nitrogens with two attached hydrogens (primary N) is 1. The summed E-state index contributed by atoms with van der Waals surface area (Å²) in [4.78, 5) is 4.05. The van der Waals surface area contributed by atoms with Gasteiger partial charge < -0.3 is 10.5 Å². The Balaban J connectivity index is 1.90. The highest BCUT2D eigenvalue weighted by atomic mass is 32.2. The number of rotatable bonds is 3. The number of nitrogens with one attached hydrogen (secondary N) is 1. The van der Waals surface area contributed by atoms with Crippen LogP contribution in [-0.4, -0.2) is 20.0 Å². The smallest absolute Gasteiger partial charge is 0.261 e. The van der Waals surface area contributed by atoms with E-state index in [0.717, 1.165) is 17.7 Å². The van der Waals surface area contributed by atoms with Gasteiger partial charge in [0.25, 0.3) is 10.0 Å². The third-order valence-corrected chi connectivity index (χ3v) is 4.39. The summed E-state index contributed by atoms with van der Waals surface area (Å²) < 4.78 is 32.4. The molecule has 0 radical (unpaired) electrons.